The summed E-state index contributed by atoms with van der Waals surface area (Å²) in [5.74, 6) is 3.25. The normalized spacial score (nSPS) is 16.1. The van der Waals surface area contributed by atoms with Gasteiger partial charge in [-0.3, -0.25) is 10.1 Å². The number of aromatic nitrogens is 3. The Labute approximate surface area is 215 Å². The number of nitrogens with one attached hydrogen (secondary N) is 3. The third-order valence-electron chi connectivity index (χ3n) is 6.62. The molecule has 0 radical (unpaired) electrons. The van der Waals surface area contributed by atoms with Gasteiger partial charge in [0.1, 0.15) is 5.82 Å². The molecule has 0 spiro atoms. The first-order valence-corrected chi connectivity index (χ1v) is 12.2. The van der Waals surface area contributed by atoms with E-state index in [9.17, 15) is 9.59 Å². The molecule has 0 bridgehead atoms. The smallest absolute Gasteiger partial charge is 0.320 e. The summed E-state index contributed by atoms with van der Waals surface area (Å²) in [5, 5.41) is 9.36. The van der Waals surface area contributed by atoms with Crippen molar-refractivity contribution in [2.24, 2.45) is 0 Å². The van der Waals surface area contributed by atoms with Crippen molar-refractivity contribution in [1.82, 2.24) is 30.1 Å². The molecule has 0 aliphatic carbocycles. The number of pyridine rings is 1. The van der Waals surface area contributed by atoms with Crippen LogP contribution in [0.1, 0.15) is 12.5 Å². The van der Waals surface area contributed by atoms with Crippen molar-refractivity contribution in [3.63, 3.8) is 0 Å². The molecular weight excluding hydrogens is 470 g/mol. The zero-order valence-corrected chi connectivity index (χ0v) is 20.9. The van der Waals surface area contributed by atoms with Crippen LogP contribution < -0.4 is 20.9 Å². The van der Waals surface area contributed by atoms with Crippen molar-refractivity contribution in [2.75, 3.05) is 61.8 Å². The first-order valence-electron chi connectivity index (χ1n) is 12.2. The van der Waals surface area contributed by atoms with Crippen LogP contribution in [0.15, 0.2) is 36.5 Å². The molecule has 2 aliphatic heterocycles. The molecule has 0 atom stereocenters. The van der Waals surface area contributed by atoms with E-state index in [1.807, 2.05) is 12.1 Å². The number of nitrogens with zero attached hydrogens (tertiary/aromatic N) is 6. The van der Waals surface area contributed by atoms with Crippen LogP contribution in [0.3, 0.4) is 0 Å². The van der Waals surface area contributed by atoms with E-state index in [-0.39, 0.29) is 17.8 Å². The van der Waals surface area contributed by atoms with Gasteiger partial charge in [0.25, 0.3) is 0 Å². The summed E-state index contributed by atoms with van der Waals surface area (Å²) in [7, 11) is 2.14. The Balaban J connectivity index is 1.27. The van der Waals surface area contributed by atoms with E-state index in [0.29, 0.717) is 35.6 Å². The Bertz CT molecular complexity index is 1350. The molecule has 0 saturated carbocycles. The van der Waals surface area contributed by atoms with E-state index in [4.69, 9.17) is 6.42 Å². The maximum absolute atomic E-state index is 12.4. The third-order valence-corrected chi connectivity index (χ3v) is 6.62. The lowest BCUT2D eigenvalue weighted by Gasteiger charge is -2.38. The fourth-order valence-corrected chi connectivity index (χ4v) is 4.37. The number of fused-ring (bicyclic) bond motifs is 1. The number of likely N-dealkylation sites (tertiary alicyclic amines) is 1. The highest BCUT2D eigenvalue weighted by Gasteiger charge is 2.29. The number of terminal acetylenes is 1. The standard InChI is InChI=1S/C26H29N9O2/c1-4-18-13-23(31-26(37)29-20-15-35(16-20)17(2)36)30-24-22(18)14-27-25(32-24)28-19-5-7-21(8-6-19)34-11-9-33(3)10-12-34/h1,5-8,13-14,20H,9-12,15-16H2,2-3H3,(H3,27,28,29,30,31,32,37). The molecule has 3 amide bonds. The minimum atomic E-state index is -0.420. The van der Waals surface area contributed by atoms with E-state index >= 15 is 0 Å². The van der Waals surface area contributed by atoms with Crippen molar-refractivity contribution >= 4 is 46.1 Å². The average Bonchev–Trinajstić information content (AvgIpc) is 2.86. The number of anilines is 4. The Morgan fingerprint density at radius 1 is 1.08 bits per heavy atom. The van der Waals surface area contributed by atoms with E-state index in [1.165, 1.54) is 12.6 Å². The number of hydrogen-bond acceptors (Lipinski definition) is 8. The molecule has 2 fully saturated rings. The highest BCUT2D eigenvalue weighted by Crippen LogP contribution is 2.23. The summed E-state index contributed by atoms with van der Waals surface area (Å²) in [6.07, 6.45) is 7.32. The Morgan fingerprint density at radius 2 is 1.81 bits per heavy atom. The molecule has 11 heteroatoms. The highest BCUT2D eigenvalue weighted by atomic mass is 16.2. The molecule has 1 aromatic carbocycles. The van der Waals surface area contributed by atoms with Gasteiger partial charge in [0.15, 0.2) is 5.65 Å². The Hall–Kier alpha value is -4.43. The van der Waals surface area contributed by atoms with Crippen LogP contribution >= 0.6 is 0 Å². The van der Waals surface area contributed by atoms with Gasteiger partial charge in [-0.15, -0.1) is 6.42 Å². The predicted octanol–water partition coefficient (Wildman–Crippen LogP) is 1.85. The number of amides is 3. The zero-order chi connectivity index (χ0) is 25.9. The molecule has 3 N–H and O–H groups in total. The molecule has 5 rings (SSSR count). The second kappa shape index (κ2) is 10.3. The largest absolute Gasteiger partial charge is 0.369 e. The third kappa shape index (κ3) is 5.54. The van der Waals surface area contributed by atoms with Crippen molar-refractivity contribution < 1.29 is 9.59 Å². The van der Waals surface area contributed by atoms with Crippen molar-refractivity contribution in [3.8, 4) is 12.3 Å². The van der Waals surface area contributed by atoms with Gasteiger partial charge in [-0.05, 0) is 37.4 Å². The maximum atomic E-state index is 12.4. The molecule has 0 unspecified atom stereocenters. The topological polar surface area (TPSA) is 119 Å². The Kier molecular flexibility index (Phi) is 6.74. The fraction of sp³-hybridized carbons (Fsp3) is 0.346. The number of rotatable bonds is 5. The second-order valence-electron chi connectivity index (χ2n) is 9.31. The van der Waals surface area contributed by atoms with Crippen LogP contribution in [-0.4, -0.2) is 89.0 Å². The SMILES string of the molecule is C#Cc1cc(NC(=O)NC2CN(C(C)=O)C2)nc2nc(Nc3ccc(N4CCN(C)CC4)cc3)ncc12. The number of carbonyl (C=O) groups excluding carboxylic acids is 2. The molecule has 3 aromatic rings. The van der Waals surface area contributed by atoms with Crippen molar-refractivity contribution in [1.29, 1.82) is 0 Å². The van der Waals surface area contributed by atoms with E-state index in [1.54, 1.807) is 17.2 Å². The van der Waals surface area contributed by atoms with Gasteiger partial charge in [0, 0.05) is 69.3 Å². The molecule has 11 nitrogen and oxygen atoms in total. The molecule has 190 valence electrons. The minimum Gasteiger partial charge on any atom is -0.369 e. The molecule has 2 saturated heterocycles. The number of hydrogen-bond donors (Lipinski definition) is 3. The van der Waals surface area contributed by atoms with Gasteiger partial charge in [-0.2, -0.15) is 4.98 Å². The van der Waals surface area contributed by atoms with Crippen molar-refractivity contribution in [3.05, 3.63) is 42.1 Å². The molecular formula is C26H29N9O2. The van der Waals surface area contributed by atoms with Gasteiger partial charge in [-0.25, -0.2) is 14.8 Å². The molecule has 2 aliphatic rings. The quantitative estimate of drug-likeness (QED) is 0.455. The zero-order valence-electron chi connectivity index (χ0n) is 20.9. The van der Waals surface area contributed by atoms with Crippen LogP contribution in [0, 0.1) is 12.3 Å². The van der Waals surface area contributed by atoms with E-state index in [2.05, 4.69) is 65.8 Å². The van der Waals surface area contributed by atoms with Crippen LogP contribution in [0.25, 0.3) is 11.0 Å². The van der Waals surface area contributed by atoms with Crippen molar-refractivity contribution in [2.45, 2.75) is 13.0 Å². The number of benzene rings is 1. The number of carbonyl (C=O) groups is 2. The molecule has 4 heterocycles. The number of urea groups is 1. The van der Waals surface area contributed by atoms with Crippen LogP contribution in [0.5, 0.6) is 0 Å². The van der Waals surface area contributed by atoms with E-state index < -0.39 is 6.03 Å². The minimum absolute atomic E-state index is 0.0108. The lowest BCUT2D eigenvalue weighted by molar-refractivity contribution is -0.133. The van der Waals surface area contributed by atoms with Gasteiger partial charge in [0.05, 0.1) is 11.4 Å². The summed E-state index contributed by atoms with van der Waals surface area (Å²) in [4.78, 5) is 43.5. The lowest BCUT2D eigenvalue weighted by atomic mass is 10.1. The second-order valence-corrected chi connectivity index (χ2v) is 9.31. The monoisotopic (exact) mass is 499 g/mol. The summed E-state index contributed by atoms with van der Waals surface area (Å²) >= 11 is 0. The summed E-state index contributed by atoms with van der Waals surface area (Å²) in [5.41, 5.74) is 2.92. The summed E-state index contributed by atoms with van der Waals surface area (Å²) < 4.78 is 0. The number of piperazine rings is 1. The average molecular weight is 500 g/mol. The van der Waals surface area contributed by atoms with E-state index in [0.717, 1.165) is 31.9 Å². The molecule has 37 heavy (non-hydrogen) atoms. The van der Waals surface area contributed by atoms with Crippen LogP contribution in [-0.2, 0) is 4.79 Å². The first kappa shape index (κ1) is 24.3. The Morgan fingerprint density at radius 3 is 2.49 bits per heavy atom. The summed E-state index contributed by atoms with van der Waals surface area (Å²) in [6, 6.07) is 9.25. The van der Waals surface area contributed by atoms with Gasteiger partial charge < -0.3 is 25.3 Å². The van der Waals surface area contributed by atoms with Gasteiger partial charge >= 0.3 is 6.03 Å². The van der Waals surface area contributed by atoms with Crippen LogP contribution in [0.4, 0.5) is 27.9 Å². The predicted molar refractivity (Wildman–Crippen MR) is 143 cm³/mol. The summed E-state index contributed by atoms with van der Waals surface area (Å²) in [6.45, 7) is 6.60. The van der Waals surface area contributed by atoms with Gasteiger partial charge in [0.2, 0.25) is 11.9 Å². The van der Waals surface area contributed by atoms with Gasteiger partial charge in [-0.1, -0.05) is 5.92 Å². The maximum Gasteiger partial charge on any atom is 0.320 e. The fourth-order valence-electron chi connectivity index (χ4n) is 4.37. The van der Waals surface area contributed by atoms with Crippen LogP contribution in [0.2, 0.25) is 0 Å². The number of likely N-dealkylation sites (N-methyl/N-ethyl adjacent to an activating group) is 1. The lowest BCUT2D eigenvalue weighted by Crippen LogP contribution is -2.61. The first-order chi connectivity index (χ1) is 17.9. The molecule has 2 aromatic heterocycles. The highest BCUT2D eigenvalue weighted by molar-refractivity contribution is 5.92.